The average Bonchev–Trinajstić information content (AvgIpc) is 3.27. The Balaban J connectivity index is 1.63. The molecule has 1 amide bonds. The van der Waals surface area contributed by atoms with E-state index < -0.39 is 16.1 Å². The lowest BCUT2D eigenvalue weighted by Gasteiger charge is -2.34. The van der Waals surface area contributed by atoms with Crippen LogP contribution in [0.15, 0.2) is 70.5 Å². The number of benzene rings is 1. The van der Waals surface area contributed by atoms with Crippen LogP contribution in [0.4, 0.5) is 0 Å². The molecular weight excluding hydrogens is 394 g/mol. The average molecular weight is 414 g/mol. The van der Waals surface area contributed by atoms with Crippen LogP contribution in [0.25, 0.3) is 0 Å². The summed E-state index contributed by atoms with van der Waals surface area (Å²) in [5, 5.41) is 4.60. The fraction of sp³-hybridized carbons (Fsp3) is 0.200. The number of fused-ring (bicyclic) bond motifs is 1. The van der Waals surface area contributed by atoms with Gasteiger partial charge in [0.2, 0.25) is 5.91 Å². The van der Waals surface area contributed by atoms with Crippen LogP contribution in [0.2, 0.25) is 0 Å². The number of carbonyl (C=O) groups is 1. The van der Waals surface area contributed by atoms with Crippen LogP contribution in [0.3, 0.4) is 0 Å². The zero-order valence-corrected chi connectivity index (χ0v) is 16.6. The lowest BCUT2D eigenvalue weighted by Crippen LogP contribution is -2.52. The highest BCUT2D eigenvalue weighted by Gasteiger charge is 2.39. The topological polar surface area (TPSA) is 79.4 Å². The summed E-state index contributed by atoms with van der Waals surface area (Å²) in [7, 11) is -3.76. The van der Waals surface area contributed by atoms with E-state index in [4.69, 9.17) is 0 Å². The van der Waals surface area contributed by atoms with Crippen LogP contribution in [0.5, 0.6) is 0 Å². The number of rotatable bonds is 5. The molecule has 8 heteroatoms. The first-order chi connectivity index (χ1) is 13.6. The molecule has 3 heterocycles. The van der Waals surface area contributed by atoms with Gasteiger partial charge in [-0.2, -0.15) is 4.31 Å². The third kappa shape index (κ3) is 3.71. The van der Waals surface area contributed by atoms with Gasteiger partial charge in [0.15, 0.2) is 0 Å². The van der Waals surface area contributed by atoms with Gasteiger partial charge in [-0.3, -0.25) is 9.78 Å². The molecule has 2 aromatic heterocycles. The zero-order chi connectivity index (χ0) is 19.6. The number of amides is 1. The van der Waals surface area contributed by atoms with Crippen molar-refractivity contribution in [2.45, 2.75) is 29.8 Å². The number of nitrogens with zero attached hydrogens (tertiary/aromatic N) is 2. The first kappa shape index (κ1) is 18.8. The number of hydrogen-bond donors (Lipinski definition) is 1. The summed E-state index contributed by atoms with van der Waals surface area (Å²) in [4.78, 5) is 16.9. The molecule has 144 valence electrons. The van der Waals surface area contributed by atoms with Crippen LogP contribution >= 0.6 is 11.3 Å². The smallest absolute Gasteiger partial charge is 0.253 e. The monoisotopic (exact) mass is 413 g/mol. The van der Waals surface area contributed by atoms with E-state index >= 15 is 0 Å². The Morgan fingerprint density at radius 2 is 1.86 bits per heavy atom. The molecule has 0 aliphatic carbocycles. The molecular formula is C20H19N3O3S2. The van der Waals surface area contributed by atoms with Gasteiger partial charge in [0.25, 0.3) is 10.0 Å². The quantitative estimate of drug-likeness (QED) is 0.697. The Hall–Kier alpha value is -2.55. The van der Waals surface area contributed by atoms with Crippen LogP contribution in [0, 0.1) is 0 Å². The Morgan fingerprint density at radius 1 is 1.11 bits per heavy atom. The highest BCUT2D eigenvalue weighted by molar-refractivity contribution is 7.91. The van der Waals surface area contributed by atoms with Gasteiger partial charge >= 0.3 is 0 Å². The van der Waals surface area contributed by atoms with Gasteiger partial charge < -0.3 is 5.32 Å². The SMILES string of the molecule is O=C(NCc1ccncc1)C1Cc2ccccc2CN1S(=O)(=O)c1cccs1. The summed E-state index contributed by atoms with van der Waals surface area (Å²) in [6.07, 6.45) is 3.67. The van der Waals surface area contributed by atoms with Crippen molar-refractivity contribution in [1.82, 2.24) is 14.6 Å². The molecule has 0 saturated carbocycles. The molecule has 1 aliphatic rings. The minimum atomic E-state index is -3.76. The van der Waals surface area contributed by atoms with Crippen molar-refractivity contribution < 1.29 is 13.2 Å². The minimum Gasteiger partial charge on any atom is -0.351 e. The van der Waals surface area contributed by atoms with Crippen molar-refractivity contribution >= 4 is 27.3 Å². The Kier molecular flexibility index (Phi) is 5.25. The minimum absolute atomic E-state index is 0.184. The predicted molar refractivity (Wildman–Crippen MR) is 107 cm³/mol. The number of pyridine rings is 1. The third-order valence-corrected chi connectivity index (χ3v) is 8.01. The highest BCUT2D eigenvalue weighted by Crippen LogP contribution is 2.30. The molecule has 6 nitrogen and oxygen atoms in total. The zero-order valence-electron chi connectivity index (χ0n) is 15.0. The molecule has 1 atom stereocenters. The van der Waals surface area contributed by atoms with Crippen LogP contribution in [-0.4, -0.2) is 29.7 Å². The Labute approximate surface area is 167 Å². The molecule has 0 bridgehead atoms. The predicted octanol–water partition coefficient (Wildman–Crippen LogP) is 2.58. The van der Waals surface area contributed by atoms with Gasteiger partial charge in [0.05, 0.1) is 0 Å². The number of hydrogen-bond acceptors (Lipinski definition) is 5. The molecule has 4 rings (SSSR count). The molecule has 0 spiro atoms. The van der Waals surface area contributed by atoms with Gasteiger partial charge in [0.1, 0.15) is 10.3 Å². The largest absolute Gasteiger partial charge is 0.351 e. The Bertz CT molecular complexity index is 1070. The third-order valence-electron chi connectivity index (χ3n) is 4.78. The van der Waals surface area contributed by atoms with Crippen molar-refractivity contribution in [3.63, 3.8) is 0 Å². The van der Waals surface area contributed by atoms with Gasteiger partial charge in [-0.1, -0.05) is 30.3 Å². The van der Waals surface area contributed by atoms with Crippen LogP contribution in [0.1, 0.15) is 16.7 Å². The summed E-state index contributed by atoms with van der Waals surface area (Å²) < 4.78 is 28.0. The van der Waals surface area contributed by atoms with E-state index in [0.29, 0.717) is 13.0 Å². The summed E-state index contributed by atoms with van der Waals surface area (Å²) in [5.41, 5.74) is 2.84. The van der Waals surface area contributed by atoms with E-state index in [-0.39, 0.29) is 16.7 Å². The molecule has 0 radical (unpaired) electrons. The number of nitrogens with one attached hydrogen (secondary N) is 1. The molecule has 1 aliphatic heterocycles. The van der Waals surface area contributed by atoms with E-state index in [0.717, 1.165) is 28.0 Å². The first-order valence-electron chi connectivity index (χ1n) is 8.84. The van der Waals surface area contributed by atoms with Crippen molar-refractivity contribution in [2.75, 3.05) is 0 Å². The van der Waals surface area contributed by atoms with Crippen molar-refractivity contribution in [3.8, 4) is 0 Å². The molecule has 1 unspecified atom stereocenters. The van der Waals surface area contributed by atoms with E-state index in [9.17, 15) is 13.2 Å². The molecule has 3 aromatic rings. The van der Waals surface area contributed by atoms with Gasteiger partial charge in [-0.15, -0.1) is 11.3 Å². The molecule has 0 saturated heterocycles. The molecule has 28 heavy (non-hydrogen) atoms. The fourth-order valence-corrected chi connectivity index (χ4v) is 5.99. The Morgan fingerprint density at radius 3 is 2.57 bits per heavy atom. The summed E-state index contributed by atoms with van der Waals surface area (Å²) >= 11 is 1.16. The van der Waals surface area contributed by atoms with Gasteiger partial charge in [-0.05, 0) is 46.7 Å². The number of aromatic nitrogens is 1. The lowest BCUT2D eigenvalue weighted by atomic mass is 9.95. The van der Waals surface area contributed by atoms with Crippen molar-refractivity contribution in [1.29, 1.82) is 0 Å². The second kappa shape index (κ2) is 7.83. The van der Waals surface area contributed by atoms with E-state index in [1.54, 1.807) is 29.9 Å². The lowest BCUT2D eigenvalue weighted by molar-refractivity contribution is -0.125. The van der Waals surface area contributed by atoms with E-state index in [1.165, 1.54) is 4.31 Å². The first-order valence-corrected chi connectivity index (χ1v) is 11.2. The maximum absolute atomic E-state index is 13.2. The maximum Gasteiger partial charge on any atom is 0.253 e. The fourth-order valence-electron chi connectivity index (χ4n) is 3.31. The summed E-state index contributed by atoms with van der Waals surface area (Å²) in [6.45, 7) is 0.510. The van der Waals surface area contributed by atoms with Gasteiger partial charge in [0, 0.05) is 25.5 Å². The molecule has 1 aromatic carbocycles. The van der Waals surface area contributed by atoms with Crippen molar-refractivity contribution in [2.24, 2.45) is 0 Å². The second-order valence-electron chi connectivity index (χ2n) is 6.54. The second-order valence-corrected chi connectivity index (χ2v) is 9.61. The number of sulfonamides is 1. The standard InChI is InChI=1S/C20H19N3O3S2/c24-20(22-13-15-7-9-21-10-8-15)18-12-16-4-1-2-5-17(16)14-23(18)28(25,26)19-6-3-11-27-19/h1-11,18H,12-14H2,(H,22,24). The number of thiophene rings is 1. The van der Waals surface area contributed by atoms with E-state index in [2.05, 4.69) is 10.3 Å². The van der Waals surface area contributed by atoms with Crippen LogP contribution in [-0.2, 0) is 34.3 Å². The number of carbonyl (C=O) groups excluding carboxylic acids is 1. The van der Waals surface area contributed by atoms with Crippen LogP contribution < -0.4 is 5.32 Å². The van der Waals surface area contributed by atoms with E-state index in [1.807, 2.05) is 36.4 Å². The van der Waals surface area contributed by atoms with Crippen molar-refractivity contribution in [3.05, 3.63) is 83.0 Å². The summed E-state index contributed by atoms with van der Waals surface area (Å²) in [5.74, 6) is -0.300. The summed E-state index contributed by atoms with van der Waals surface area (Å²) in [6, 6.07) is 13.8. The maximum atomic E-state index is 13.2. The normalized spacial score (nSPS) is 17.1. The van der Waals surface area contributed by atoms with Gasteiger partial charge in [-0.25, -0.2) is 8.42 Å². The molecule has 1 N–H and O–H groups in total. The highest BCUT2D eigenvalue weighted by atomic mass is 32.2. The molecule has 0 fully saturated rings.